The molecule has 25 heavy (non-hydrogen) atoms. The topological polar surface area (TPSA) is 58.0 Å². The quantitative estimate of drug-likeness (QED) is 0.638. The van der Waals surface area contributed by atoms with Gasteiger partial charge < -0.3 is 10.4 Å². The van der Waals surface area contributed by atoms with Gasteiger partial charge in [-0.3, -0.25) is 9.97 Å². The Morgan fingerprint density at radius 1 is 0.920 bits per heavy atom. The van der Waals surface area contributed by atoms with E-state index in [1.54, 1.807) is 12.4 Å². The summed E-state index contributed by atoms with van der Waals surface area (Å²) in [6.07, 6.45) is 7.34. The highest BCUT2D eigenvalue weighted by Gasteiger charge is 2.26. The first kappa shape index (κ1) is 17.7. The van der Waals surface area contributed by atoms with Crippen molar-refractivity contribution in [1.29, 1.82) is 0 Å². The van der Waals surface area contributed by atoms with E-state index in [1.807, 2.05) is 36.7 Å². The molecular weight excluding hydrogens is 378 g/mol. The smallest absolute Gasteiger partial charge is 0.0556 e. The zero-order valence-electron chi connectivity index (χ0n) is 13.7. The summed E-state index contributed by atoms with van der Waals surface area (Å²) in [6, 6.07) is 16.3. The van der Waals surface area contributed by atoms with Gasteiger partial charge in [-0.05, 0) is 41.0 Å². The van der Waals surface area contributed by atoms with Crippen molar-refractivity contribution in [1.82, 2.24) is 15.3 Å². The molecule has 1 atom stereocenters. The molecule has 3 aromatic rings. The van der Waals surface area contributed by atoms with E-state index < -0.39 is 0 Å². The number of pyridine rings is 2. The molecule has 128 valence electrons. The number of hydrogen-bond acceptors (Lipinski definition) is 4. The van der Waals surface area contributed by atoms with Crippen LogP contribution in [0.25, 0.3) is 0 Å². The minimum absolute atomic E-state index is 0.0157. The van der Waals surface area contributed by atoms with Crippen molar-refractivity contribution in [2.75, 3.05) is 13.2 Å². The maximum Gasteiger partial charge on any atom is 0.0556 e. The Hall–Kier alpha value is -2.08. The van der Waals surface area contributed by atoms with Crippen molar-refractivity contribution in [2.24, 2.45) is 0 Å². The van der Waals surface area contributed by atoms with Gasteiger partial charge in [-0.25, -0.2) is 0 Å². The summed E-state index contributed by atoms with van der Waals surface area (Å²) in [7, 11) is 0. The highest BCUT2D eigenvalue weighted by Crippen LogP contribution is 2.36. The van der Waals surface area contributed by atoms with Crippen LogP contribution >= 0.6 is 15.9 Å². The molecule has 1 unspecified atom stereocenters. The number of benzene rings is 1. The lowest BCUT2D eigenvalue weighted by atomic mass is 9.83. The van der Waals surface area contributed by atoms with E-state index in [4.69, 9.17) is 0 Å². The molecule has 1 aromatic carbocycles. The molecule has 0 aliphatic heterocycles. The fraction of sp³-hybridized carbons (Fsp3) is 0.200. The zero-order chi connectivity index (χ0) is 17.5. The first-order chi connectivity index (χ1) is 12.3. The van der Waals surface area contributed by atoms with E-state index in [2.05, 4.69) is 55.5 Å². The number of hydrogen-bond donors (Lipinski definition) is 2. The molecule has 5 heteroatoms. The van der Waals surface area contributed by atoms with Gasteiger partial charge >= 0.3 is 0 Å². The van der Waals surface area contributed by atoms with Gasteiger partial charge in [0.25, 0.3) is 0 Å². The first-order valence-electron chi connectivity index (χ1n) is 8.19. The number of aliphatic hydroxyl groups excluding tert-OH is 1. The summed E-state index contributed by atoms with van der Waals surface area (Å²) >= 11 is 3.56. The number of nitrogens with zero attached hydrogens (tertiary/aromatic N) is 2. The summed E-state index contributed by atoms with van der Waals surface area (Å²) in [4.78, 5) is 8.60. The highest BCUT2D eigenvalue weighted by atomic mass is 79.9. The van der Waals surface area contributed by atoms with Crippen molar-refractivity contribution in [3.05, 3.63) is 94.5 Å². The third-order valence-corrected chi connectivity index (χ3v) is 4.60. The Bertz CT molecular complexity index is 744. The second-order valence-electron chi connectivity index (χ2n) is 5.76. The summed E-state index contributed by atoms with van der Waals surface area (Å²) in [5.41, 5.74) is 3.34. The predicted molar refractivity (Wildman–Crippen MR) is 102 cm³/mol. The van der Waals surface area contributed by atoms with Crippen LogP contribution in [0.3, 0.4) is 0 Å². The van der Waals surface area contributed by atoms with Crippen molar-refractivity contribution < 1.29 is 5.11 Å². The van der Waals surface area contributed by atoms with Gasteiger partial charge in [-0.1, -0.05) is 40.2 Å². The first-order valence-corrected chi connectivity index (χ1v) is 8.98. The average Bonchev–Trinajstić information content (AvgIpc) is 2.66. The summed E-state index contributed by atoms with van der Waals surface area (Å²) in [5.74, 6) is 0.0308. The van der Waals surface area contributed by atoms with E-state index in [9.17, 15) is 5.11 Å². The van der Waals surface area contributed by atoms with Crippen LogP contribution in [-0.2, 0) is 0 Å². The molecule has 0 saturated carbocycles. The lowest BCUT2D eigenvalue weighted by molar-refractivity contribution is 0.281. The van der Waals surface area contributed by atoms with Gasteiger partial charge in [0.2, 0.25) is 0 Å². The van der Waals surface area contributed by atoms with Crippen LogP contribution in [0.1, 0.15) is 28.7 Å². The van der Waals surface area contributed by atoms with Gasteiger partial charge in [-0.15, -0.1) is 0 Å². The van der Waals surface area contributed by atoms with Crippen molar-refractivity contribution in [3.8, 4) is 0 Å². The summed E-state index contributed by atoms with van der Waals surface area (Å²) in [6.45, 7) is 0.589. The Morgan fingerprint density at radius 3 is 2.08 bits per heavy atom. The SMILES string of the molecule is OCCNC(c1cccc(Br)c1)C(c1cccnc1)c1cccnc1. The van der Waals surface area contributed by atoms with E-state index in [0.717, 1.165) is 21.2 Å². The van der Waals surface area contributed by atoms with Gasteiger partial charge in [-0.2, -0.15) is 0 Å². The van der Waals surface area contributed by atoms with Crippen LogP contribution < -0.4 is 5.32 Å². The minimum Gasteiger partial charge on any atom is -0.395 e. The second-order valence-corrected chi connectivity index (χ2v) is 6.68. The number of rotatable bonds is 7. The Kier molecular flexibility index (Phi) is 6.28. The molecule has 2 aromatic heterocycles. The maximum absolute atomic E-state index is 9.34. The van der Waals surface area contributed by atoms with E-state index >= 15 is 0 Å². The van der Waals surface area contributed by atoms with E-state index in [0.29, 0.717) is 6.54 Å². The van der Waals surface area contributed by atoms with Gasteiger partial charge in [0.05, 0.1) is 6.61 Å². The fourth-order valence-corrected chi connectivity index (χ4v) is 3.46. The monoisotopic (exact) mass is 397 g/mol. The molecular formula is C20H20BrN3O. The average molecular weight is 398 g/mol. The number of aromatic nitrogens is 2. The number of aliphatic hydroxyl groups is 1. The van der Waals surface area contributed by atoms with Crippen LogP contribution in [0.2, 0.25) is 0 Å². The molecule has 0 aliphatic rings. The van der Waals surface area contributed by atoms with E-state index in [-0.39, 0.29) is 18.6 Å². The number of halogens is 1. The third kappa shape index (κ3) is 4.51. The molecule has 0 bridgehead atoms. The summed E-state index contributed by atoms with van der Waals surface area (Å²) < 4.78 is 1.02. The molecule has 4 nitrogen and oxygen atoms in total. The maximum atomic E-state index is 9.34. The largest absolute Gasteiger partial charge is 0.395 e. The standard InChI is InChI=1S/C20H20BrN3O/c21-18-7-1-4-15(12-18)20(24-10-11-25)19(16-5-2-8-22-13-16)17-6-3-9-23-14-17/h1-9,12-14,19-20,24-25H,10-11H2. The van der Waals surface area contributed by atoms with Crippen molar-refractivity contribution in [3.63, 3.8) is 0 Å². The highest BCUT2D eigenvalue weighted by molar-refractivity contribution is 9.10. The molecule has 2 N–H and O–H groups in total. The van der Waals surface area contributed by atoms with Crippen LogP contribution in [0, 0.1) is 0 Å². The summed E-state index contributed by atoms with van der Waals surface area (Å²) in [5, 5.41) is 12.8. The van der Waals surface area contributed by atoms with Crippen LogP contribution in [-0.4, -0.2) is 28.2 Å². The van der Waals surface area contributed by atoms with Crippen LogP contribution in [0.15, 0.2) is 77.8 Å². The molecule has 0 amide bonds. The second kappa shape index (κ2) is 8.85. The fourth-order valence-electron chi connectivity index (χ4n) is 3.05. The molecule has 0 spiro atoms. The Labute approximate surface area is 156 Å². The van der Waals surface area contributed by atoms with Crippen molar-refractivity contribution in [2.45, 2.75) is 12.0 Å². The number of nitrogens with one attached hydrogen (secondary N) is 1. The minimum atomic E-state index is -0.0157. The Morgan fingerprint density at radius 2 is 1.56 bits per heavy atom. The molecule has 2 heterocycles. The van der Waals surface area contributed by atoms with Gasteiger partial charge in [0.1, 0.15) is 0 Å². The van der Waals surface area contributed by atoms with Crippen molar-refractivity contribution >= 4 is 15.9 Å². The molecule has 0 aliphatic carbocycles. The van der Waals surface area contributed by atoms with Gasteiger partial charge in [0.15, 0.2) is 0 Å². The van der Waals surface area contributed by atoms with E-state index in [1.165, 1.54) is 0 Å². The lowest BCUT2D eigenvalue weighted by Gasteiger charge is -2.29. The molecule has 0 saturated heterocycles. The Balaban J connectivity index is 2.09. The zero-order valence-corrected chi connectivity index (χ0v) is 15.3. The van der Waals surface area contributed by atoms with Crippen LogP contribution in [0.5, 0.6) is 0 Å². The third-order valence-electron chi connectivity index (χ3n) is 4.10. The lowest BCUT2D eigenvalue weighted by Crippen LogP contribution is -2.30. The molecule has 0 fully saturated rings. The predicted octanol–water partition coefficient (Wildman–Crippen LogP) is 3.69. The molecule has 0 radical (unpaired) electrons. The van der Waals surface area contributed by atoms with Gasteiger partial charge in [0, 0.05) is 47.8 Å². The molecule has 3 rings (SSSR count). The normalized spacial score (nSPS) is 12.3. The van der Waals surface area contributed by atoms with Crippen LogP contribution in [0.4, 0.5) is 0 Å².